The Kier molecular flexibility index (Phi) is 6.22. The fraction of sp³-hybridized carbons (Fsp3) is 0.167. The van der Waals surface area contributed by atoms with Gasteiger partial charge in [0.1, 0.15) is 0 Å². The lowest BCUT2D eigenvalue weighted by atomic mass is 10.00. The number of anilines is 1. The number of hydrogen-bond donors (Lipinski definition) is 1. The molecular formula is C24H23NO3. The maximum atomic E-state index is 12.5. The molecule has 0 saturated heterocycles. The maximum Gasteiger partial charge on any atom is 0.338 e. The molecule has 0 spiro atoms. The third kappa shape index (κ3) is 4.86. The summed E-state index contributed by atoms with van der Waals surface area (Å²) in [4.78, 5) is 24.8. The van der Waals surface area contributed by atoms with Gasteiger partial charge in [0.15, 0.2) is 6.61 Å². The second kappa shape index (κ2) is 9.00. The first-order valence-corrected chi connectivity index (χ1v) is 9.19. The second-order valence-electron chi connectivity index (χ2n) is 6.71. The smallest absolute Gasteiger partial charge is 0.338 e. The summed E-state index contributed by atoms with van der Waals surface area (Å²) in [6, 6.07) is 23.0. The summed E-state index contributed by atoms with van der Waals surface area (Å²) in [5.74, 6) is -0.852. The molecule has 0 saturated carbocycles. The van der Waals surface area contributed by atoms with Gasteiger partial charge in [-0.05, 0) is 48.6 Å². The van der Waals surface area contributed by atoms with Crippen molar-refractivity contribution in [3.8, 4) is 0 Å². The molecule has 0 aliphatic heterocycles. The Hall–Kier alpha value is -3.40. The van der Waals surface area contributed by atoms with Crippen LogP contribution in [0.2, 0.25) is 0 Å². The molecule has 0 aromatic heterocycles. The average Bonchev–Trinajstić information content (AvgIpc) is 2.70. The highest BCUT2D eigenvalue weighted by molar-refractivity contribution is 5.97. The zero-order chi connectivity index (χ0) is 19.9. The number of hydrogen-bond acceptors (Lipinski definition) is 3. The predicted octanol–water partition coefficient (Wildman–Crippen LogP) is 4.69. The van der Waals surface area contributed by atoms with Gasteiger partial charge >= 0.3 is 5.97 Å². The standard InChI is InChI=1S/C24H23NO3/c1-17-9-8-10-18(2)23(17)25-22(26)16-28-24(27)21-14-7-6-13-20(21)15-19-11-4-3-5-12-19/h3-14H,15-16H2,1-2H3,(H,25,26). The average molecular weight is 373 g/mol. The Morgan fingerprint density at radius 2 is 1.46 bits per heavy atom. The Morgan fingerprint density at radius 1 is 0.821 bits per heavy atom. The number of nitrogens with one attached hydrogen (secondary N) is 1. The minimum Gasteiger partial charge on any atom is -0.452 e. The number of rotatable bonds is 6. The van der Waals surface area contributed by atoms with Crippen molar-refractivity contribution in [3.63, 3.8) is 0 Å². The third-order valence-corrected chi connectivity index (χ3v) is 4.55. The van der Waals surface area contributed by atoms with Crippen molar-refractivity contribution >= 4 is 17.6 Å². The highest BCUT2D eigenvalue weighted by Gasteiger charge is 2.15. The molecule has 3 aromatic carbocycles. The summed E-state index contributed by atoms with van der Waals surface area (Å²) in [7, 11) is 0. The Labute approximate surface area is 165 Å². The zero-order valence-corrected chi connectivity index (χ0v) is 16.1. The van der Waals surface area contributed by atoms with Crippen LogP contribution in [0.3, 0.4) is 0 Å². The van der Waals surface area contributed by atoms with E-state index in [0.717, 1.165) is 27.9 Å². The van der Waals surface area contributed by atoms with Crippen LogP contribution in [0.15, 0.2) is 72.8 Å². The number of amides is 1. The Bertz CT molecular complexity index is 960. The number of esters is 1. The number of ether oxygens (including phenoxy) is 1. The summed E-state index contributed by atoms with van der Waals surface area (Å²) in [6.07, 6.45) is 0.626. The molecule has 0 aliphatic carbocycles. The number of carbonyl (C=O) groups excluding carboxylic acids is 2. The first-order valence-electron chi connectivity index (χ1n) is 9.19. The van der Waals surface area contributed by atoms with Crippen LogP contribution in [-0.2, 0) is 16.0 Å². The summed E-state index contributed by atoms with van der Waals surface area (Å²) < 4.78 is 5.27. The van der Waals surface area contributed by atoms with Crippen LogP contribution in [0.25, 0.3) is 0 Å². The lowest BCUT2D eigenvalue weighted by Crippen LogP contribution is -2.22. The van der Waals surface area contributed by atoms with E-state index in [-0.39, 0.29) is 12.5 Å². The van der Waals surface area contributed by atoms with Crippen LogP contribution in [0.4, 0.5) is 5.69 Å². The molecule has 3 aromatic rings. The molecule has 0 bridgehead atoms. The molecular weight excluding hydrogens is 350 g/mol. The molecule has 4 heteroatoms. The van der Waals surface area contributed by atoms with Crippen LogP contribution in [0.1, 0.15) is 32.6 Å². The Morgan fingerprint density at radius 3 is 2.18 bits per heavy atom. The van der Waals surface area contributed by atoms with Gasteiger partial charge in [0.05, 0.1) is 5.56 Å². The first-order chi connectivity index (χ1) is 13.5. The van der Waals surface area contributed by atoms with Crippen LogP contribution in [0, 0.1) is 13.8 Å². The fourth-order valence-electron chi connectivity index (χ4n) is 3.09. The van der Waals surface area contributed by atoms with Crippen LogP contribution in [-0.4, -0.2) is 18.5 Å². The number of aryl methyl sites for hydroxylation is 2. The maximum absolute atomic E-state index is 12.5. The summed E-state index contributed by atoms with van der Waals surface area (Å²) in [6.45, 7) is 3.52. The van der Waals surface area contributed by atoms with E-state index in [2.05, 4.69) is 5.32 Å². The molecule has 28 heavy (non-hydrogen) atoms. The van der Waals surface area contributed by atoms with Crippen LogP contribution < -0.4 is 5.32 Å². The molecule has 0 radical (unpaired) electrons. The van der Waals surface area contributed by atoms with Crippen molar-refractivity contribution in [1.29, 1.82) is 0 Å². The van der Waals surface area contributed by atoms with Crippen molar-refractivity contribution in [3.05, 3.63) is 101 Å². The third-order valence-electron chi connectivity index (χ3n) is 4.55. The van der Waals surface area contributed by atoms with Gasteiger partial charge in [-0.3, -0.25) is 4.79 Å². The molecule has 1 amide bonds. The fourth-order valence-corrected chi connectivity index (χ4v) is 3.09. The number of benzene rings is 3. The Balaban J connectivity index is 1.64. The molecule has 1 N–H and O–H groups in total. The topological polar surface area (TPSA) is 55.4 Å². The van der Waals surface area contributed by atoms with E-state index >= 15 is 0 Å². The van der Waals surface area contributed by atoms with E-state index in [4.69, 9.17) is 4.74 Å². The van der Waals surface area contributed by atoms with Gasteiger partial charge in [0.25, 0.3) is 5.91 Å². The predicted molar refractivity (Wildman–Crippen MR) is 111 cm³/mol. The highest BCUT2D eigenvalue weighted by atomic mass is 16.5. The van der Waals surface area contributed by atoms with Gasteiger partial charge in [0.2, 0.25) is 0 Å². The summed E-state index contributed by atoms with van der Waals surface area (Å²) >= 11 is 0. The number of para-hydroxylation sites is 1. The summed E-state index contributed by atoms with van der Waals surface area (Å²) in [5, 5.41) is 2.82. The largest absolute Gasteiger partial charge is 0.452 e. The van der Waals surface area contributed by atoms with E-state index in [1.807, 2.05) is 74.5 Å². The van der Waals surface area contributed by atoms with Crippen LogP contribution in [0.5, 0.6) is 0 Å². The van der Waals surface area contributed by atoms with Gasteiger partial charge in [-0.2, -0.15) is 0 Å². The SMILES string of the molecule is Cc1cccc(C)c1NC(=O)COC(=O)c1ccccc1Cc1ccccc1. The van der Waals surface area contributed by atoms with E-state index in [0.29, 0.717) is 12.0 Å². The van der Waals surface area contributed by atoms with Gasteiger partial charge in [0, 0.05) is 5.69 Å². The van der Waals surface area contributed by atoms with Crippen LogP contribution >= 0.6 is 0 Å². The van der Waals surface area contributed by atoms with E-state index in [1.54, 1.807) is 12.1 Å². The van der Waals surface area contributed by atoms with E-state index < -0.39 is 5.97 Å². The van der Waals surface area contributed by atoms with E-state index in [9.17, 15) is 9.59 Å². The molecule has 4 nitrogen and oxygen atoms in total. The zero-order valence-electron chi connectivity index (χ0n) is 16.1. The molecule has 0 fully saturated rings. The molecule has 0 aliphatic rings. The molecule has 0 unspecified atom stereocenters. The van der Waals surface area contributed by atoms with Crippen molar-refractivity contribution < 1.29 is 14.3 Å². The lowest BCUT2D eigenvalue weighted by molar-refractivity contribution is -0.119. The first kappa shape index (κ1) is 19.4. The minimum absolute atomic E-state index is 0.327. The lowest BCUT2D eigenvalue weighted by Gasteiger charge is -2.12. The normalized spacial score (nSPS) is 10.4. The van der Waals surface area contributed by atoms with Gasteiger partial charge in [-0.15, -0.1) is 0 Å². The van der Waals surface area contributed by atoms with Gasteiger partial charge in [-0.25, -0.2) is 4.79 Å². The minimum atomic E-state index is -0.497. The van der Waals surface area contributed by atoms with Crippen molar-refractivity contribution in [2.45, 2.75) is 20.3 Å². The second-order valence-corrected chi connectivity index (χ2v) is 6.71. The molecule has 0 heterocycles. The van der Waals surface area contributed by atoms with E-state index in [1.165, 1.54) is 0 Å². The molecule has 3 rings (SSSR count). The number of carbonyl (C=O) groups is 2. The van der Waals surface area contributed by atoms with Gasteiger partial charge < -0.3 is 10.1 Å². The van der Waals surface area contributed by atoms with Crippen molar-refractivity contribution in [2.24, 2.45) is 0 Å². The summed E-state index contributed by atoms with van der Waals surface area (Å²) in [5.41, 5.74) is 5.14. The molecule has 142 valence electrons. The van der Waals surface area contributed by atoms with Crippen molar-refractivity contribution in [1.82, 2.24) is 0 Å². The van der Waals surface area contributed by atoms with Gasteiger partial charge in [-0.1, -0.05) is 66.7 Å². The monoisotopic (exact) mass is 373 g/mol. The highest BCUT2D eigenvalue weighted by Crippen LogP contribution is 2.19. The van der Waals surface area contributed by atoms with Crippen molar-refractivity contribution in [2.75, 3.05) is 11.9 Å². The molecule has 0 atom stereocenters. The quantitative estimate of drug-likeness (QED) is 0.638.